The smallest absolute Gasteiger partial charge is 0.0104 e. The molecule has 0 saturated heterocycles. The number of allylic oxidation sites excluding steroid dienone is 1. The Morgan fingerprint density at radius 2 is 1.85 bits per heavy atom. The van der Waals surface area contributed by atoms with E-state index in [-0.39, 0.29) is 0 Å². The van der Waals surface area contributed by atoms with Crippen molar-refractivity contribution in [1.29, 1.82) is 0 Å². The average molecular weight is 174 g/mol. The van der Waals surface area contributed by atoms with E-state index in [1.165, 1.54) is 5.56 Å². The van der Waals surface area contributed by atoms with Crippen molar-refractivity contribution in [2.45, 2.75) is 26.2 Å². The monoisotopic (exact) mass is 174 g/mol. The predicted molar refractivity (Wildman–Crippen MR) is 58.8 cm³/mol. The van der Waals surface area contributed by atoms with Gasteiger partial charge in [0.15, 0.2) is 0 Å². The number of hydrogen-bond acceptors (Lipinski definition) is 0. The maximum absolute atomic E-state index is 3.81. The standard InChI is InChI=1S/C13H18/c1-4-8-13(11(2)3)12-9-6-5-7-10-12/h4-7,9-11,13H,1,8H2,2-3H3. The summed E-state index contributed by atoms with van der Waals surface area (Å²) in [6.45, 7) is 8.34. The highest BCUT2D eigenvalue weighted by molar-refractivity contribution is 5.20. The number of benzene rings is 1. The molecule has 0 spiro atoms. The molecule has 0 aromatic heterocycles. The molecule has 0 radical (unpaired) electrons. The van der Waals surface area contributed by atoms with Gasteiger partial charge in [-0.25, -0.2) is 0 Å². The highest BCUT2D eigenvalue weighted by Gasteiger charge is 2.12. The van der Waals surface area contributed by atoms with Crippen molar-refractivity contribution in [3.05, 3.63) is 48.6 Å². The Hall–Kier alpha value is -1.04. The highest BCUT2D eigenvalue weighted by atomic mass is 14.2. The van der Waals surface area contributed by atoms with Crippen LogP contribution in [0.4, 0.5) is 0 Å². The van der Waals surface area contributed by atoms with Gasteiger partial charge in [0.1, 0.15) is 0 Å². The lowest BCUT2D eigenvalue weighted by molar-refractivity contribution is 0.503. The van der Waals surface area contributed by atoms with Crippen molar-refractivity contribution < 1.29 is 0 Å². The summed E-state index contributed by atoms with van der Waals surface area (Å²) in [5, 5.41) is 0. The minimum absolute atomic E-state index is 0.624. The molecular weight excluding hydrogens is 156 g/mol. The van der Waals surface area contributed by atoms with E-state index in [4.69, 9.17) is 0 Å². The molecule has 0 aliphatic carbocycles. The van der Waals surface area contributed by atoms with E-state index < -0.39 is 0 Å². The Kier molecular flexibility index (Phi) is 3.75. The van der Waals surface area contributed by atoms with E-state index in [2.05, 4.69) is 50.8 Å². The summed E-state index contributed by atoms with van der Waals surface area (Å²) in [5.74, 6) is 1.30. The number of hydrogen-bond donors (Lipinski definition) is 0. The molecule has 0 aliphatic rings. The van der Waals surface area contributed by atoms with E-state index in [1.54, 1.807) is 0 Å². The second-order valence-electron chi connectivity index (χ2n) is 3.79. The van der Waals surface area contributed by atoms with Crippen LogP contribution >= 0.6 is 0 Å². The molecule has 13 heavy (non-hydrogen) atoms. The highest BCUT2D eigenvalue weighted by Crippen LogP contribution is 2.27. The van der Waals surface area contributed by atoms with Gasteiger partial charge in [0.25, 0.3) is 0 Å². The Morgan fingerprint density at radius 1 is 1.23 bits per heavy atom. The zero-order chi connectivity index (χ0) is 9.68. The van der Waals surface area contributed by atoms with Crippen LogP contribution in [-0.4, -0.2) is 0 Å². The number of rotatable bonds is 4. The van der Waals surface area contributed by atoms with Gasteiger partial charge in [-0.1, -0.05) is 50.3 Å². The molecule has 0 saturated carbocycles. The van der Waals surface area contributed by atoms with Crippen LogP contribution in [0.25, 0.3) is 0 Å². The normalized spacial score (nSPS) is 12.8. The minimum atomic E-state index is 0.624. The zero-order valence-electron chi connectivity index (χ0n) is 8.53. The van der Waals surface area contributed by atoms with Gasteiger partial charge in [0.05, 0.1) is 0 Å². The molecule has 0 bridgehead atoms. The Morgan fingerprint density at radius 3 is 2.31 bits per heavy atom. The molecule has 70 valence electrons. The van der Waals surface area contributed by atoms with Gasteiger partial charge >= 0.3 is 0 Å². The van der Waals surface area contributed by atoms with Gasteiger partial charge in [-0.15, -0.1) is 6.58 Å². The van der Waals surface area contributed by atoms with Crippen molar-refractivity contribution in [2.24, 2.45) is 5.92 Å². The molecule has 0 N–H and O–H groups in total. The van der Waals surface area contributed by atoms with E-state index in [0.29, 0.717) is 11.8 Å². The van der Waals surface area contributed by atoms with E-state index in [0.717, 1.165) is 6.42 Å². The van der Waals surface area contributed by atoms with Crippen LogP contribution in [0.3, 0.4) is 0 Å². The summed E-state index contributed by atoms with van der Waals surface area (Å²) >= 11 is 0. The van der Waals surface area contributed by atoms with Crippen LogP contribution in [0, 0.1) is 5.92 Å². The zero-order valence-corrected chi connectivity index (χ0v) is 8.53. The van der Waals surface area contributed by atoms with Gasteiger partial charge in [-0.2, -0.15) is 0 Å². The second kappa shape index (κ2) is 4.86. The largest absolute Gasteiger partial charge is 0.103 e. The summed E-state index contributed by atoms with van der Waals surface area (Å²) in [6.07, 6.45) is 3.08. The van der Waals surface area contributed by atoms with Crippen molar-refractivity contribution in [3.63, 3.8) is 0 Å². The fraction of sp³-hybridized carbons (Fsp3) is 0.385. The van der Waals surface area contributed by atoms with Gasteiger partial charge in [0, 0.05) is 0 Å². The van der Waals surface area contributed by atoms with Gasteiger partial charge < -0.3 is 0 Å². The molecule has 1 rings (SSSR count). The van der Waals surface area contributed by atoms with Crippen LogP contribution in [0.5, 0.6) is 0 Å². The predicted octanol–water partition coefficient (Wildman–Crippen LogP) is 4.00. The minimum Gasteiger partial charge on any atom is -0.103 e. The van der Waals surface area contributed by atoms with E-state index in [9.17, 15) is 0 Å². The first-order valence-electron chi connectivity index (χ1n) is 4.91. The molecule has 0 heterocycles. The lowest BCUT2D eigenvalue weighted by Crippen LogP contribution is -2.05. The summed E-state index contributed by atoms with van der Waals surface area (Å²) < 4.78 is 0. The molecule has 0 amide bonds. The third-order valence-electron chi connectivity index (χ3n) is 2.45. The van der Waals surface area contributed by atoms with E-state index in [1.807, 2.05) is 6.08 Å². The third kappa shape index (κ3) is 2.73. The Labute approximate surface area is 81.3 Å². The molecule has 1 aromatic carbocycles. The third-order valence-corrected chi connectivity index (χ3v) is 2.45. The quantitative estimate of drug-likeness (QED) is 0.605. The first kappa shape index (κ1) is 10.0. The molecular formula is C13H18. The Bertz CT molecular complexity index is 246. The molecule has 1 aromatic rings. The van der Waals surface area contributed by atoms with Crippen LogP contribution < -0.4 is 0 Å². The van der Waals surface area contributed by atoms with Crippen LogP contribution in [0.2, 0.25) is 0 Å². The molecule has 1 unspecified atom stereocenters. The van der Waals surface area contributed by atoms with Gasteiger partial charge in [-0.3, -0.25) is 0 Å². The molecule has 0 heteroatoms. The van der Waals surface area contributed by atoms with Crippen molar-refractivity contribution in [1.82, 2.24) is 0 Å². The molecule has 0 aliphatic heterocycles. The summed E-state index contributed by atoms with van der Waals surface area (Å²) in [6, 6.07) is 10.7. The second-order valence-corrected chi connectivity index (χ2v) is 3.79. The lowest BCUT2D eigenvalue weighted by Gasteiger charge is -2.19. The first-order valence-corrected chi connectivity index (χ1v) is 4.91. The van der Waals surface area contributed by atoms with Gasteiger partial charge in [-0.05, 0) is 23.8 Å². The topological polar surface area (TPSA) is 0 Å². The van der Waals surface area contributed by atoms with Crippen molar-refractivity contribution in [2.75, 3.05) is 0 Å². The fourth-order valence-corrected chi connectivity index (χ4v) is 1.67. The molecule has 1 atom stereocenters. The summed E-state index contributed by atoms with van der Waals surface area (Å²) in [5.41, 5.74) is 1.43. The maximum Gasteiger partial charge on any atom is -0.0104 e. The summed E-state index contributed by atoms with van der Waals surface area (Å²) in [4.78, 5) is 0. The SMILES string of the molecule is C=CCC(c1ccccc1)C(C)C. The lowest BCUT2D eigenvalue weighted by atomic mass is 9.86. The van der Waals surface area contributed by atoms with Crippen molar-refractivity contribution in [3.8, 4) is 0 Å². The van der Waals surface area contributed by atoms with Crippen molar-refractivity contribution >= 4 is 0 Å². The van der Waals surface area contributed by atoms with Crippen LogP contribution in [0.15, 0.2) is 43.0 Å². The van der Waals surface area contributed by atoms with Gasteiger partial charge in [0.2, 0.25) is 0 Å². The molecule has 0 fully saturated rings. The van der Waals surface area contributed by atoms with E-state index >= 15 is 0 Å². The Balaban J connectivity index is 2.82. The maximum atomic E-state index is 3.81. The first-order chi connectivity index (χ1) is 6.25. The fourth-order valence-electron chi connectivity index (χ4n) is 1.67. The van der Waals surface area contributed by atoms with Crippen LogP contribution in [0.1, 0.15) is 31.7 Å². The molecule has 0 nitrogen and oxygen atoms in total. The average Bonchev–Trinajstić information content (AvgIpc) is 2.15. The summed E-state index contributed by atoms with van der Waals surface area (Å²) in [7, 11) is 0. The van der Waals surface area contributed by atoms with Crippen LogP contribution in [-0.2, 0) is 0 Å².